The number of nitrogens with zero attached hydrogens (tertiary/aromatic N) is 2. The zero-order chi connectivity index (χ0) is 17.1. The molecule has 0 saturated heterocycles. The van der Waals surface area contributed by atoms with Gasteiger partial charge in [-0.3, -0.25) is 4.79 Å². The molecule has 0 radical (unpaired) electrons. The summed E-state index contributed by atoms with van der Waals surface area (Å²) in [5.41, 5.74) is 4.28. The standard InChI is InChI=1S/C21H21N3O/c25-20-8-4-7-17-9-10-18(13-19(17)20)23-14-21-22-11-12-24(21)15-16-5-2-1-3-6-16/h1-3,5-6,9-13,23H,4,7-8,14-15H2. The van der Waals surface area contributed by atoms with E-state index in [0.717, 1.165) is 36.5 Å². The van der Waals surface area contributed by atoms with E-state index >= 15 is 0 Å². The van der Waals surface area contributed by atoms with Crippen LogP contribution in [0, 0.1) is 0 Å². The Morgan fingerprint density at radius 1 is 1.08 bits per heavy atom. The molecule has 0 saturated carbocycles. The van der Waals surface area contributed by atoms with Crippen LogP contribution in [0.15, 0.2) is 60.9 Å². The van der Waals surface area contributed by atoms with Crippen LogP contribution in [0.2, 0.25) is 0 Å². The first-order valence-corrected chi connectivity index (χ1v) is 8.73. The van der Waals surface area contributed by atoms with Gasteiger partial charge >= 0.3 is 0 Å². The minimum Gasteiger partial charge on any atom is -0.378 e. The minimum absolute atomic E-state index is 0.260. The van der Waals surface area contributed by atoms with E-state index < -0.39 is 0 Å². The third-order valence-corrected chi connectivity index (χ3v) is 4.71. The summed E-state index contributed by atoms with van der Waals surface area (Å²) in [5.74, 6) is 1.24. The van der Waals surface area contributed by atoms with Gasteiger partial charge in [0, 0.05) is 36.6 Å². The van der Waals surface area contributed by atoms with Gasteiger partial charge in [0.05, 0.1) is 6.54 Å². The van der Waals surface area contributed by atoms with E-state index in [2.05, 4.69) is 39.1 Å². The summed E-state index contributed by atoms with van der Waals surface area (Å²) in [6.07, 6.45) is 6.47. The maximum absolute atomic E-state index is 12.1. The van der Waals surface area contributed by atoms with E-state index in [0.29, 0.717) is 13.0 Å². The second-order valence-corrected chi connectivity index (χ2v) is 6.46. The third-order valence-electron chi connectivity index (χ3n) is 4.71. The molecule has 2 aromatic carbocycles. The highest BCUT2D eigenvalue weighted by Crippen LogP contribution is 2.24. The van der Waals surface area contributed by atoms with Gasteiger partial charge in [0.15, 0.2) is 5.78 Å². The largest absolute Gasteiger partial charge is 0.378 e. The highest BCUT2D eigenvalue weighted by atomic mass is 16.1. The van der Waals surface area contributed by atoms with Gasteiger partial charge in [0.25, 0.3) is 0 Å². The number of benzene rings is 2. The first kappa shape index (κ1) is 15.6. The Morgan fingerprint density at radius 3 is 2.84 bits per heavy atom. The van der Waals surface area contributed by atoms with Crippen molar-refractivity contribution in [3.8, 4) is 0 Å². The van der Waals surface area contributed by atoms with Crippen molar-refractivity contribution >= 4 is 11.5 Å². The second kappa shape index (κ2) is 6.93. The molecule has 1 heterocycles. The summed E-state index contributed by atoms with van der Waals surface area (Å²) in [5, 5.41) is 3.41. The van der Waals surface area contributed by atoms with E-state index in [1.807, 2.05) is 36.7 Å². The predicted molar refractivity (Wildman–Crippen MR) is 98.8 cm³/mol. The molecule has 0 amide bonds. The van der Waals surface area contributed by atoms with Crippen molar-refractivity contribution in [1.82, 2.24) is 9.55 Å². The number of aryl methyl sites for hydroxylation is 1. The molecule has 4 rings (SSSR count). The van der Waals surface area contributed by atoms with Crippen LogP contribution in [-0.2, 0) is 19.5 Å². The van der Waals surface area contributed by atoms with Gasteiger partial charge in [0.1, 0.15) is 5.82 Å². The molecule has 4 nitrogen and oxygen atoms in total. The fourth-order valence-electron chi connectivity index (χ4n) is 3.35. The lowest BCUT2D eigenvalue weighted by atomic mass is 9.90. The molecule has 25 heavy (non-hydrogen) atoms. The molecule has 1 aromatic heterocycles. The van der Waals surface area contributed by atoms with E-state index in [1.165, 1.54) is 11.1 Å². The lowest BCUT2D eigenvalue weighted by molar-refractivity contribution is 0.0972. The first-order valence-electron chi connectivity index (χ1n) is 8.73. The number of imidazole rings is 1. The van der Waals surface area contributed by atoms with Crippen molar-refractivity contribution in [3.63, 3.8) is 0 Å². The first-order chi connectivity index (χ1) is 12.3. The molecule has 1 aliphatic carbocycles. The Kier molecular flexibility index (Phi) is 4.34. The summed E-state index contributed by atoms with van der Waals surface area (Å²) in [7, 11) is 0. The number of fused-ring (bicyclic) bond motifs is 1. The van der Waals surface area contributed by atoms with Crippen molar-refractivity contribution in [3.05, 3.63) is 83.4 Å². The van der Waals surface area contributed by atoms with Crippen LogP contribution in [0.25, 0.3) is 0 Å². The Hall–Kier alpha value is -2.88. The fraction of sp³-hybridized carbons (Fsp3) is 0.238. The van der Waals surface area contributed by atoms with Crippen LogP contribution in [0.5, 0.6) is 0 Å². The smallest absolute Gasteiger partial charge is 0.163 e. The molecule has 0 aliphatic heterocycles. The zero-order valence-electron chi connectivity index (χ0n) is 14.1. The van der Waals surface area contributed by atoms with Crippen LogP contribution in [0.3, 0.4) is 0 Å². The van der Waals surface area contributed by atoms with Gasteiger partial charge < -0.3 is 9.88 Å². The van der Waals surface area contributed by atoms with Crippen LogP contribution < -0.4 is 5.32 Å². The van der Waals surface area contributed by atoms with Crippen molar-refractivity contribution in [1.29, 1.82) is 0 Å². The molecule has 3 aromatic rings. The molecule has 4 heteroatoms. The highest BCUT2D eigenvalue weighted by molar-refractivity contribution is 5.99. The zero-order valence-corrected chi connectivity index (χ0v) is 14.1. The van der Waals surface area contributed by atoms with E-state index in [9.17, 15) is 4.79 Å². The van der Waals surface area contributed by atoms with Gasteiger partial charge in [-0.15, -0.1) is 0 Å². The van der Waals surface area contributed by atoms with E-state index in [1.54, 1.807) is 0 Å². The molecule has 0 atom stereocenters. The summed E-state index contributed by atoms with van der Waals surface area (Å²) in [6, 6.07) is 16.5. The number of aromatic nitrogens is 2. The number of nitrogens with one attached hydrogen (secondary N) is 1. The summed E-state index contributed by atoms with van der Waals surface area (Å²) < 4.78 is 2.14. The predicted octanol–water partition coefficient (Wildman–Crippen LogP) is 4.06. The van der Waals surface area contributed by atoms with E-state index in [4.69, 9.17) is 0 Å². The van der Waals surface area contributed by atoms with Gasteiger partial charge in [-0.05, 0) is 36.1 Å². The van der Waals surface area contributed by atoms with Gasteiger partial charge in [-0.25, -0.2) is 4.98 Å². The van der Waals surface area contributed by atoms with Gasteiger partial charge in [0.2, 0.25) is 0 Å². The number of hydrogen-bond donors (Lipinski definition) is 1. The van der Waals surface area contributed by atoms with E-state index in [-0.39, 0.29) is 5.78 Å². The molecule has 0 bridgehead atoms. The molecule has 1 aliphatic rings. The van der Waals surface area contributed by atoms with Crippen molar-refractivity contribution in [2.75, 3.05) is 5.32 Å². The minimum atomic E-state index is 0.260. The SMILES string of the molecule is O=C1CCCc2ccc(NCc3nccn3Cc3ccccc3)cc21. The Balaban J connectivity index is 1.47. The van der Waals surface area contributed by atoms with Crippen LogP contribution >= 0.6 is 0 Å². The maximum Gasteiger partial charge on any atom is 0.163 e. The summed E-state index contributed by atoms with van der Waals surface area (Å²) >= 11 is 0. The molecule has 0 unspecified atom stereocenters. The van der Waals surface area contributed by atoms with Crippen LogP contribution in [-0.4, -0.2) is 15.3 Å². The number of ketones is 1. The fourth-order valence-corrected chi connectivity index (χ4v) is 3.35. The Morgan fingerprint density at radius 2 is 1.96 bits per heavy atom. The quantitative estimate of drug-likeness (QED) is 0.767. The lowest BCUT2D eigenvalue weighted by Gasteiger charge is -2.16. The van der Waals surface area contributed by atoms with Gasteiger partial charge in [-0.1, -0.05) is 36.4 Å². The third kappa shape index (κ3) is 3.48. The summed E-state index contributed by atoms with van der Waals surface area (Å²) in [4.78, 5) is 16.5. The average molecular weight is 331 g/mol. The Labute approximate surface area is 147 Å². The molecule has 1 N–H and O–H groups in total. The number of anilines is 1. The van der Waals surface area contributed by atoms with Gasteiger partial charge in [-0.2, -0.15) is 0 Å². The van der Waals surface area contributed by atoms with Crippen LogP contribution in [0.1, 0.15) is 40.2 Å². The molecular weight excluding hydrogens is 310 g/mol. The number of carbonyl (C=O) groups excluding carboxylic acids is 1. The average Bonchev–Trinajstić information content (AvgIpc) is 3.08. The van der Waals surface area contributed by atoms with Crippen molar-refractivity contribution < 1.29 is 4.79 Å². The normalized spacial score (nSPS) is 13.5. The maximum atomic E-state index is 12.1. The van der Waals surface area contributed by atoms with Crippen molar-refractivity contribution in [2.45, 2.75) is 32.4 Å². The molecule has 0 fully saturated rings. The number of rotatable bonds is 5. The molecular formula is C21H21N3O. The molecule has 0 spiro atoms. The monoisotopic (exact) mass is 331 g/mol. The second-order valence-electron chi connectivity index (χ2n) is 6.46. The number of Topliss-reactive ketones (excluding diaryl/α,β-unsaturated/α-hetero) is 1. The Bertz CT molecular complexity index is 883. The van der Waals surface area contributed by atoms with Crippen LogP contribution in [0.4, 0.5) is 5.69 Å². The number of hydrogen-bond acceptors (Lipinski definition) is 3. The topological polar surface area (TPSA) is 46.9 Å². The number of carbonyl (C=O) groups is 1. The molecule has 126 valence electrons. The highest BCUT2D eigenvalue weighted by Gasteiger charge is 2.17. The summed E-state index contributed by atoms with van der Waals surface area (Å²) in [6.45, 7) is 1.44. The van der Waals surface area contributed by atoms with Crippen molar-refractivity contribution in [2.24, 2.45) is 0 Å². The lowest BCUT2D eigenvalue weighted by Crippen LogP contribution is -2.12.